The lowest BCUT2D eigenvalue weighted by Crippen LogP contribution is -2.36. The van der Waals surface area contributed by atoms with Crippen LogP contribution in [0.4, 0.5) is 0 Å². The van der Waals surface area contributed by atoms with E-state index in [-0.39, 0.29) is 5.41 Å². The summed E-state index contributed by atoms with van der Waals surface area (Å²) in [5, 5.41) is 0. The summed E-state index contributed by atoms with van der Waals surface area (Å²) in [5.41, 5.74) is 3.44. The average molecular weight is 313 g/mol. The number of ether oxygens (including phenoxy) is 1. The van der Waals surface area contributed by atoms with Gasteiger partial charge in [0.2, 0.25) is 0 Å². The molecular weight excluding hydrogens is 292 g/mol. The maximum Gasteiger partial charge on any atom is 0.116 e. The van der Waals surface area contributed by atoms with Crippen molar-refractivity contribution >= 4 is 0 Å². The number of benzene rings is 3. The van der Waals surface area contributed by atoms with Crippen molar-refractivity contribution in [3.63, 3.8) is 0 Å². The van der Waals surface area contributed by atoms with Crippen molar-refractivity contribution in [3.8, 4) is 0 Å². The first kappa shape index (κ1) is 15.2. The largest absolute Gasteiger partial charge is 0.370 e. The summed E-state index contributed by atoms with van der Waals surface area (Å²) in [6.45, 7) is 0.809. The van der Waals surface area contributed by atoms with E-state index in [0.29, 0.717) is 0 Å². The summed E-state index contributed by atoms with van der Waals surface area (Å²) < 4.78 is 6.20. The molecule has 1 heteroatoms. The topological polar surface area (TPSA) is 9.23 Å². The highest BCUT2D eigenvalue weighted by atomic mass is 16.5. The highest BCUT2D eigenvalue weighted by molar-refractivity contribution is 5.55. The summed E-state index contributed by atoms with van der Waals surface area (Å²) >= 11 is 0. The van der Waals surface area contributed by atoms with Crippen LogP contribution in [0.5, 0.6) is 0 Å². The van der Waals surface area contributed by atoms with Gasteiger partial charge in [0.25, 0.3) is 0 Å². The third kappa shape index (κ3) is 2.46. The van der Waals surface area contributed by atoms with Crippen molar-refractivity contribution in [1.29, 1.82) is 0 Å². The Balaban J connectivity index is 2.03. The van der Waals surface area contributed by atoms with E-state index in [2.05, 4.69) is 91.0 Å². The Morgan fingerprint density at radius 2 is 1.00 bits per heavy atom. The average Bonchev–Trinajstić information content (AvgIpc) is 3.20. The zero-order chi connectivity index (χ0) is 16.2. The third-order valence-corrected chi connectivity index (χ3v) is 4.86. The molecule has 0 aromatic heterocycles. The Hall–Kier alpha value is -2.38. The Bertz CT molecular complexity index is 662. The van der Waals surface area contributed by atoms with Gasteiger partial charge in [0.15, 0.2) is 0 Å². The molecule has 119 valence electrons. The molecule has 0 N–H and O–H groups in total. The van der Waals surface area contributed by atoms with Crippen LogP contribution in [0.2, 0.25) is 0 Å². The molecule has 3 aromatic rings. The van der Waals surface area contributed by atoms with Crippen molar-refractivity contribution in [2.45, 2.75) is 18.3 Å². The Morgan fingerprint density at radius 3 is 1.33 bits per heavy atom. The van der Waals surface area contributed by atoms with E-state index < -0.39 is 0 Å². The molecule has 1 nitrogen and oxygen atoms in total. The van der Waals surface area contributed by atoms with E-state index in [1.54, 1.807) is 0 Å². The van der Waals surface area contributed by atoms with Crippen LogP contribution in [0.25, 0.3) is 0 Å². The molecule has 24 heavy (non-hydrogen) atoms. The van der Waals surface area contributed by atoms with E-state index >= 15 is 0 Å². The smallest absolute Gasteiger partial charge is 0.116 e. The molecule has 1 saturated heterocycles. The molecule has 0 atom stereocenters. The van der Waals surface area contributed by atoms with Gasteiger partial charge in [-0.05, 0) is 29.5 Å². The summed E-state index contributed by atoms with van der Waals surface area (Å²) in [7, 11) is 0. The first-order valence-electron chi connectivity index (χ1n) is 8.58. The first-order chi connectivity index (χ1) is 11.9. The van der Waals surface area contributed by atoms with Gasteiger partial charge in [0.1, 0.15) is 6.10 Å². The predicted molar refractivity (Wildman–Crippen MR) is 97.6 cm³/mol. The number of rotatable bonds is 4. The zero-order valence-electron chi connectivity index (χ0n) is 13.7. The van der Waals surface area contributed by atoms with E-state index in [4.69, 9.17) is 4.74 Å². The molecule has 0 unspecified atom stereocenters. The van der Waals surface area contributed by atoms with E-state index in [0.717, 1.165) is 25.6 Å². The number of hydrogen-bond donors (Lipinski definition) is 0. The lowest BCUT2D eigenvalue weighted by molar-refractivity contribution is 0.163. The summed E-state index contributed by atoms with van der Waals surface area (Å²) in [6.07, 6.45) is 3.24. The van der Waals surface area contributed by atoms with Crippen LogP contribution in [-0.2, 0) is 10.2 Å². The molecule has 1 aliphatic rings. The van der Waals surface area contributed by atoms with Gasteiger partial charge in [-0.2, -0.15) is 0 Å². The molecule has 3 aromatic carbocycles. The Morgan fingerprint density at radius 1 is 0.583 bits per heavy atom. The van der Waals surface area contributed by atoms with Crippen LogP contribution < -0.4 is 0 Å². The molecule has 1 fully saturated rings. The van der Waals surface area contributed by atoms with E-state index in [1.807, 2.05) is 0 Å². The van der Waals surface area contributed by atoms with Gasteiger partial charge in [-0.15, -0.1) is 0 Å². The first-order valence-corrected chi connectivity index (χ1v) is 8.58. The van der Waals surface area contributed by atoms with Crippen LogP contribution in [0.3, 0.4) is 0 Å². The second-order valence-electron chi connectivity index (χ2n) is 6.22. The van der Waals surface area contributed by atoms with Crippen molar-refractivity contribution in [2.75, 3.05) is 6.61 Å². The predicted octanol–water partition coefficient (Wildman–Crippen LogP) is 5.36. The van der Waals surface area contributed by atoms with Crippen molar-refractivity contribution < 1.29 is 4.74 Å². The maximum absolute atomic E-state index is 6.20. The minimum Gasteiger partial charge on any atom is -0.370 e. The Labute approximate surface area is 143 Å². The third-order valence-electron chi connectivity index (χ3n) is 4.86. The summed E-state index contributed by atoms with van der Waals surface area (Å²) in [6, 6.07) is 32.2. The van der Waals surface area contributed by atoms with Gasteiger partial charge in [-0.3, -0.25) is 0 Å². The molecule has 0 saturated carbocycles. The monoisotopic (exact) mass is 313 g/mol. The van der Waals surface area contributed by atoms with Gasteiger partial charge >= 0.3 is 0 Å². The highest BCUT2D eigenvalue weighted by Crippen LogP contribution is 2.50. The second-order valence-corrected chi connectivity index (χ2v) is 6.22. The normalized spacial score (nSPS) is 15.5. The van der Waals surface area contributed by atoms with Crippen LogP contribution in [0, 0.1) is 6.10 Å². The fourth-order valence-corrected chi connectivity index (χ4v) is 3.84. The molecule has 0 bridgehead atoms. The van der Waals surface area contributed by atoms with Gasteiger partial charge < -0.3 is 4.74 Å². The lowest BCUT2D eigenvalue weighted by Gasteiger charge is -2.39. The fraction of sp³-hybridized carbons (Fsp3) is 0.174. The summed E-state index contributed by atoms with van der Waals surface area (Å²) in [5.74, 6) is 0. The molecule has 1 radical (unpaired) electrons. The van der Waals surface area contributed by atoms with Crippen LogP contribution in [0.1, 0.15) is 29.5 Å². The van der Waals surface area contributed by atoms with E-state index in [9.17, 15) is 0 Å². The fourth-order valence-electron chi connectivity index (χ4n) is 3.84. The van der Waals surface area contributed by atoms with Crippen molar-refractivity contribution in [2.24, 2.45) is 0 Å². The molecular formula is C23H21O. The quantitative estimate of drug-likeness (QED) is 0.589. The number of hydrogen-bond acceptors (Lipinski definition) is 1. The van der Waals surface area contributed by atoms with Crippen LogP contribution in [-0.4, -0.2) is 6.61 Å². The molecule has 1 heterocycles. The van der Waals surface area contributed by atoms with Crippen LogP contribution in [0.15, 0.2) is 91.0 Å². The lowest BCUT2D eigenvalue weighted by atomic mass is 9.65. The molecule has 0 spiro atoms. The summed E-state index contributed by atoms with van der Waals surface area (Å²) in [4.78, 5) is 0. The molecule has 1 aliphatic heterocycles. The zero-order valence-corrected chi connectivity index (χ0v) is 13.7. The SMILES string of the molecule is c1ccc(C([C]2CCCO2)(c2ccccc2)c2ccccc2)cc1. The second kappa shape index (κ2) is 6.62. The maximum atomic E-state index is 6.20. The molecule has 0 amide bonds. The standard InChI is InChI=1S/C23H21O/c1-4-11-19(12-5-1)23(22-17-10-18-24-22,20-13-6-2-7-14-20)21-15-8-3-9-16-21/h1-9,11-16H,10,17-18H2. The van der Waals surface area contributed by atoms with Crippen molar-refractivity contribution in [3.05, 3.63) is 114 Å². The minimum atomic E-state index is -0.347. The van der Waals surface area contributed by atoms with Gasteiger partial charge in [0.05, 0.1) is 5.41 Å². The molecule has 0 aliphatic carbocycles. The highest BCUT2D eigenvalue weighted by Gasteiger charge is 2.46. The minimum absolute atomic E-state index is 0.347. The van der Waals surface area contributed by atoms with Crippen LogP contribution >= 0.6 is 0 Å². The van der Waals surface area contributed by atoms with E-state index in [1.165, 1.54) is 16.7 Å². The van der Waals surface area contributed by atoms with Gasteiger partial charge in [-0.1, -0.05) is 91.0 Å². The van der Waals surface area contributed by atoms with Gasteiger partial charge in [-0.25, -0.2) is 0 Å². The van der Waals surface area contributed by atoms with Gasteiger partial charge in [0, 0.05) is 6.61 Å². The molecule has 4 rings (SSSR count). The Kier molecular flexibility index (Phi) is 4.18. The van der Waals surface area contributed by atoms with Crippen molar-refractivity contribution in [1.82, 2.24) is 0 Å².